The van der Waals surface area contributed by atoms with Crippen LogP contribution in [0.15, 0.2) is 57.5 Å². The molecule has 0 bridgehead atoms. The standard InChI is InChI=1S/C16H15N3O2S/c1-3-8-19-15(20)13-6-4-5-7-14(13)17-16(19)22-10-12-9-11(2)21-18-12/h3-7,9H,1,8,10H2,2H3. The van der Waals surface area contributed by atoms with E-state index in [2.05, 4.69) is 16.7 Å². The molecule has 0 saturated heterocycles. The predicted molar refractivity (Wildman–Crippen MR) is 87.0 cm³/mol. The number of nitrogens with zero attached hydrogens (tertiary/aromatic N) is 3. The summed E-state index contributed by atoms with van der Waals surface area (Å²) in [7, 11) is 0. The van der Waals surface area contributed by atoms with Crippen molar-refractivity contribution in [2.24, 2.45) is 0 Å². The van der Waals surface area contributed by atoms with Crippen molar-refractivity contribution >= 4 is 22.7 Å². The Morgan fingerprint density at radius 3 is 2.95 bits per heavy atom. The van der Waals surface area contributed by atoms with Crippen molar-refractivity contribution in [2.45, 2.75) is 24.4 Å². The first-order valence-corrected chi connectivity index (χ1v) is 7.83. The van der Waals surface area contributed by atoms with Gasteiger partial charge in [0.1, 0.15) is 5.76 Å². The molecule has 0 saturated carbocycles. The third kappa shape index (κ3) is 2.82. The van der Waals surface area contributed by atoms with Gasteiger partial charge in [0.15, 0.2) is 5.16 Å². The molecule has 2 aromatic heterocycles. The highest BCUT2D eigenvalue weighted by Gasteiger charge is 2.11. The number of benzene rings is 1. The first kappa shape index (κ1) is 14.6. The first-order chi connectivity index (χ1) is 10.7. The lowest BCUT2D eigenvalue weighted by atomic mass is 10.2. The largest absolute Gasteiger partial charge is 0.361 e. The molecule has 0 aliphatic rings. The van der Waals surface area contributed by atoms with Crippen LogP contribution in [0.1, 0.15) is 11.5 Å². The summed E-state index contributed by atoms with van der Waals surface area (Å²) in [6.45, 7) is 5.99. The van der Waals surface area contributed by atoms with Crippen LogP contribution in [0.4, 0.5) is 0 Å². The van der Waals surface area contributed by atoms with Gasteiger partial charge in [-0.15, -0.1) is 6.58 Å². The van der Waals surface area contributed by atoms with Gasteiger partial charge in [-0.2, -0.15) is 0 Å². The van der Waals surface area contributed by atoms with Crippen LogP contribution in [0.3, 0.4) is 0 Å². The fourth-order valence-electron chi connectivity index (χ4n) is 2.17. The van der Waals surface area contributed by atoms with Crippen LogP contribution in [0.2, 0.25) is 0 Å². The van der Waals surface area contributed by atoms with Crippen LogP contribution < -0.4 is 5.56 Å². The van der Waals surface area contributed by atoms with Gasteiger partial charge in [-0.1, -0.05) is 35.1 Å². The van der Waals surface area contributed by atoms with Gasteiger partial charge in [0.25, 0.3) is 5.56 Å². The summed E-state index contributed by atoms with van der Waals surface area (Å²) in [5, 5.41) is 5.23. The van der Waals surface area contributed by atoms with Crippen LogP contribution in [-0.4, -0.2) is 14.7 Å². The second kappa shape index (κ2) is 6.19. The molecule has 0 amide bonds. The zero-order valence-electron chi connectivity index (χ0n) is 12.2. The SMILES string of the molecule is C=CCn1c(SCc2cc(C)on2)nc2ccccc2c1=O. The number of allylic oxidation sites excluding steroid dienone is 1. The van der Waals surface area contributed by atoms with E-state index in [1.54, 1.807) is 16.7 Å². The van der Waals surface area contributed by atoms with Crippen LogP contribution in [0.5, 0.6) is 0 Å². The lowest BCUT2D eigenvalue weighted by Gasteiger charge is -2.10. The monoisotopic (exact) mass is 313 g/mol. The van der Waals surface area contributed by atoms with Crippen molar-refractivity contribution in [2.75, 3.05) is 0 Å². The van der Waals surface area contributed by atoms with E-state index < -0.39 is 0 Å². The van der Waals surface area contributed by atoms with E-state index in [0.29, 0.717) is 28.4 Å². The predicted octanol–water partition coefficient (Wildman–Crippen LogP) is 3.17. The van der Waals surface area contributed by atoms with Gasteiger partial charge < -0.3 is 4.52 Å². The van der Waals surface area contributed by atoms with E-state index in [0.717, 1.165) is 11.5 Å². The number of aryl methyl sites for hydroxylation is 1. The average Bonchev–Trinajstić information content (AvgIpc) is 2.94. The maximum Gasteiger partial charge on any atom is 0.262 e. The van der Waals surface area contributed by atoms with E-state index in [9.17, 15) is 4.79 Å². The second-order valence-corrected chi connectivity index (χ2v) is 5.78. The summed E-state index contributed by atoms with van der Waals surface area (Å²) in [6.07, 6.45) is 1.70. The second-order valence-electron chi connectivity index (χ2n) is 4.83. The molecule has 0 unspecified atom stereocenters. The third-order valence-corrected chi connectivity index (χ3v) is 4.17. The Hall–Kier alpha value is -2.34. The fraction of sp³-hybridized carbons (Fsp3) is 0.188. The summed E-state index contributed by atoms with van der Waals surface area (Å²) in [6, 6.07) is 9.24. The Labute approximate surface area is 131 Å². The molecule has 0 aliphatic carbocycles. The lowest BCUT2D eigenvalue weighted by molar-refractivity contribution is 0.393. The van der Waals surface area contributed by atoms with Gasteiger partial charge in [0.2, 0.25) is 0 Å². The molecular weight excluding hydrogens is 298 g/mol. The zero-order valence-corrected chi connectivity index (χ0v) is 13.0. The number of aromatic nitrogens is 3. The molecule has 112 valence electrons. The van der Waals surface area contributed by atoms with Crippen LogP contribution >= 0.6 is 11.8 Å². The molecular formula is C16H15N3O2S. The average molecular weight is 313 g/mol. The molecule has 22 heavy (non-hydrogen) atoms. The molecule has 0 N–H and O–H groups in total. The summed E-state index contributed by atoms with van der Waals surface area (Å²) in [4.78, 5) is 17.2. The first-order valence-electron chi connectivity index (χ1n) is 6.84. The Morgan fingerprint density at radius 1 is 1.41 bits per heavy atom. The van der Waals surface area contributed by atoms with Crippen molar-refractivity contribution in [1.82, 2.24) is 14.7 Å². The van der Waals surface area contributed by atoms with Crippen LogP contribution in [0.25, 0.3) is 10.9 Å². The minimum atomic E-state index is -0.0515. The molecule has 0 radical (unpaired) electrons. The molecule has 3 rings (SSSR count). The minimum absolute atomic E-state index is 0.0515. The van der Waals surface area contributed by atoms with Crippen molar-refractivity contribution in [1.29, 1.82) is 0 Å². The van der Waals surface area contributed by atoms with Gasteiger partial charge >= 0.3 is 0 Å². The van der Waals surface area contributed by atoms with E-state index in [-0.39, 0.29) is 5.56 Å². The fourth-order valence-corrected chi connectivity index (χ4v) is 3.06. The van der Waals surface area contributed by atoms with Crippen molar-refractivity contribution in [3.05, 3.63) is 64.8 Å². The summed E-state index contributed by atoms with van der Waals surface area (Å²) in [5.74, 6) is 1.37. The van der Waals surface area contributed by atoms with Crippen molar-refractivity contribution in [3.63, 3.8) is 0 Å². The number of hydrogen-bond acceptors (Lipinski definition) is 5. The molecule has 0 fully saturated rings. The highest BCUT2D eigenvalue weighted by Crippen LogP contribution is 2.22. The van der Waals surface area contributed by atoms with E-state index in [1.165, 1.54) is 11.8 Å². The number of para-hydroxylation sites is 1. The highest BCUT2D eigenvalue weighted by molar-refractivity contribution is 7.98. The number of rotatable bonds is 5. The van der Waals surface area contributed by atoms with Crippen LogP contribution in [-0.2, 0) is 12.3 Å². The van der Waals surface area contributed by atoms with E-state index in [1.807, 2.05) is 31.2 Å². The normalized spacial score (nSPS) is 11.0. The molecule has 5 nitrogen and oxygen atoms in total. The molecule has 1 aromatic carbocycles. The van der Waals surface area contributed by atoms with Crippen LogP contribution in [0, 0.1) is 6.92 Å². The molecule has 3 aromatic rings. The van der Waals surface area contributed by atoms with Gasteiger partial charge in [0, 0.05) is 18.4 Å². The Balaban J connectivity index is 2.01. The smallest absolute Gasteiger partial charge is 0.262 e. The molecule has 2 heterocycles. The van der Waals surface area contributed by atoms with Gasteiger partial charge in [-0.25, -0.2) is 4.98 Å². The van der Waals surface area contributed by atoms with Crippen molar-refractivity contribution in [3.8, 4) is 0 Å². The topological polar surface area (TPSA) is 60.9 Å². The summed E-state index contributed by atoms with van der Waals surface area (Å²) in [5.41, 5.74) is 1.48. The Morgan fingerprint density at radius 2 is 2.23 bits per heavy atom. The highest BCUT2D eigenvalue weighted by atomic mass is 32.2. The molecule has 0 atom stereocenters. The van der Waals surface area contributed by atoms with E-state index in [4.69, 9.17) is 4.52 Å². The summed E-state index contributed by atoms with van der Waals surface area (Å²) >= 11 is 1.46. The summed E-state index contributed by atoms with van der Waals surface area (Å²) < 4.78 is 6.69. The number of thioether (sulfide) groups is 1. The molecule has 0 aliphatic heterocycles. The van der Waals surface area contributed by atoms with Gasteiger partial charge in [-0.3, -0.25) is 9.36 Å². The van der Waals surface area contributed by atoms with E-state index >= 15 is 0 Å². The molecule has 0 spiro atoms. The number of fused-ring (bicyclic) bond motifs is 1. The Bertz CT molecular complexity index is 882. The minimum Gasteiger partial charge on any atom is -0.361 e. The zero-order chi connectivity index (χ0) is 15.5. The Kier molecular flexibility index (Phi) is 4.11. The third-order valence-electron chi connectivity index (χ3n) is 3.16. The van der Waals surface area contributed by atoms with Gasteiger partial charge in [0.05, 0.1) is 16.6 Å². The van der Waals surface area contributed by atoms with Crippen molar-refractivity contribution < 1.29 is 4.52 Å². The lowest BCUT2D eigenvalue weighted by Crippen LogP contribution is -2.22. The number of hydrogen-bond donors (Lipinski definition) is 0. The molecule has 6 heteroatoms. The maximum absolute atomic E-state index is 12.6. The van der Waals surface area contributed by atoms with Gasteiger partial charge in [-0.05, 0) is 19.1 Å². The maximum atomic E-state index is 12.6. The quantitative estimate of drug-likeness (QED) is 0.411.